The predicted molar refractivity (Wildman–Crippen MR) is 79.4 cm³/mol. The Hall–Kier alpha value is -2.07. The number of nitrogens with zero attached hydrogens (tertiary/aromatic N) is 2. The van der Waals surface area contributed by atoms with E-state index in [0.717, 1.165) is 11.0 Å². The number of anilines is 1. The number of imidazole rings is 1. The molecule has 3 aromatic rings. The van der Waals surface area contributed by atoms with Gasteiger partial charge >= 0.3 is 0 Å². The van der Waals surface area contributed by atoms with Gasteiger partial charge in [-0.2, -0.15) is 0 Å². The number of hydrogen-bond acceptors (Lipinski definition) is 2. The minimum Gasteiger partial charge on any atom is -0.369 e. The topological polar surface area (TPSA) is 43.8 Å². The molecule has 20 heavy (non-hydrogen) atoms. The van der Waals surface area contributed by atoms with Crippen molar-refractivity contribution in [2.75, 3.05) is 5.73 Å². The van der Waals surface area contributed by atoms with Gasteiger partial charge in [0.2, 0.25) is 5.95 Å². The van der Waals surface area contributed by atoms with Crippen molar-refractivity contribution in [1.82, 2.24) is 9.55 Å². The molecule has 0 saturated carbocycles. The molecule has 0 aliphatic heterocycles. The van der Waals surface area contributed by atoms with Crippen LogP contribution in [0.2, 0.25) is 5.02 Å². The van der Waals surface area contributed by atoms with Crippen LogP contribution in [-0.2, 0) is 0 Å². The maximum atomic E-state index is 13.9. The van der Waals surface area contributed by atoms with Crippen molar-refractivity contribution in [2.24, 2.45) is 0 Å². The summed E-state index contributed by atoms with van der Waals surface area (Å²) in [4.78, 5) is 4.29. The zero-order valence-electron chi connectivity index (χ0n) is 10.8. The SMILES string of the molecule is CC(c1ccccc1F)n1c(N)nc2ccc(Cl)cc21. The van der Waals surface area contributed by atoms with Crippen molar-refractivity contribution < 1.29 is 4.39 Å². The van der Waals surface area contributed by atoms with Gasteiger partial charge in [0.25, 0.3) is 0 Å². The Morgan fingerprint density at radius 3 is 2.75 bits per heavy atom. The van der Waals surface area contributed by atoms with Crippen LogP contribution in [0.15, 0.2) is 42.5 Å². The summed E-state index contributed by atoms with van der Waals surface area (Å²) in [7, 11) is 0. The number of aromatic nitrogens is 2. The maximum Gasteiger partial charge on any atom is 0.201 e. The summed E-state index contributed by atoms with van der Waals surface area (Å²) in [6.07, 6.45) is 0. The first-order chi connectivity index (χ1) is 9.58. The molecular weight excluding hydrogens is 277 g/mol. The summed E-state index contributed by atoms with van der Waals surface area (Å²) in [5.41, 5.74) is 8.09. The van der Waals surface area contributed by atoms with Crippen LogP contribution < -0.4 is 5.73 Å². The second-order valence-electron chi connectivity index (χ2n) is 4.67. The summed E-state index contributed by atoms with van der Waals surface area (Å²) in [6, 6.07) is 11.7. The second-order valence-corrected chi connectivity index (χ2v) is 5.11. The van der Waals surface area contributed by atoms with Gasteiger partial charge in [-0.25, -0.2) is 9.37 Å². The van der Waals surface area contributed by atoms with Crippen LogP contribution in [0.1, 0.15) is 18.5 Å². The van der Waals surface area contributed by atoms with Gasteiger partial charge < -0.3 is 10.3 Å². The first-order valence-corrected chi connectivity index (χ1v) is 6.63. The van der Waals surface area contributed by atoms with Gasteiger partial charge in [0.1, 0.15) is 5.82 Å². The average molecular weight is 290 g/mol. The van der Waals surface area contributed by atoms with Gasteiger partial charge in [0, 0.05) is 10.6 Å². The molecule has 0 aliphatic carbocycles. The van der Waals surface area contributed by atoms with Crippen molar-refractivity contribution in [2.45, 2.75) is 13.0 Å². The van der Waals surface area contributed by atoms with Gasteiger partial charge in [-0.05, 0) is 31.2 Å². The summed E-state index contributed by atoms with van der Waals surface area (Å²) >= 11 is 6.03. The van der Waals surface area contributed by atoms with Crippen LogP contribution in [-0.4, -0.2) is 9.55 Å². The maximum absolute atomic E-state index is 13.9. The fraction of sp³-hybridized carbons (Fsp3) is 0.133. The van der Waals surface area contributed by atoms with Gasteiger partial charge in [-0.15, -0.1) is 0 Å². The van der Waals surface area contributed by atoms with Crippen LogP contribution in [0.3, 0.4) is 0 Å². The lowest BCUT2D eigenvalue weighted by atomic mass is 10.1. The van der Waals surface area contributed by atoms with E-state index in [0.29, 0.717) is 16.5 Å². The fourth-order valence-corrected chi connectivity index (χ4v) is 2.61. The van der Waals surface area contributed by atoms with Gasteiger partial charge in [-0.3, -0.25) is 0 Å². The van der Waals surface area contributed by atoms with E-state index >= 15 is 0 Å². The molecular formula is C15H13ClFN3. The van der Waals surface area contributed by atoms with Gasteiger partial charge in [0.15, 0.2) is 0 Å². The number of benzene rings is 2. The summed E-state index contributed by atoms with van der Waals surface area (Å²) in [6.45, 7) is 1.89. The number of nitrogens with two attached hydrogens (primary N) is 1. The Kier molecular flexibility index (Phi) is 3.10. The van der Waals surface area contributed by atoms with E-state index in [1.807, 2.05) is 6.92 Å². The Bertz CT molecular complexity index is 782. The van der Waals surface area contributed by atoms with Crippen molar-refractivity contribution in [3.05, 3.63) is 58.9 Å². The lowest BCUT2D eigenvalue weighted by Crippen LogP contribution is -2.11. The molecule has 102 valence electrons. The molecule has 5 heteroatoms. The number of hydrogen-bond donors (Lipinski definition) is 1. The van der Waals surface area contributed by atoms with Crippen LogP contribution in [0, 0.1) is 5.82 Å². The van der Waals surface area contributed by atoms with Crippen molar-refractivity contribution >= 4 is 28.6 Å². The molecule has 0 fully saturated rings. The molecule has 3 nitrogen and oxygen atoms in total. The van der Waals surface area contributed by atoms with E-state index in [9.17, 15) is 4.39 Å². The highest BCUT2D eigenvalue weighted by atomic mass is 35.5. The molecule has 0 spiro atoms. The summed E-state index contributed by atoms with van der Waals surface area (Å²) in [5, 5.41) is 0.597. The van der Waals surface area contributed by atoms with E-state index in [4.69, 9.17) is 17.3 Å². The number of rotatable bonds is 2. The number of halogens is 2. The molecule has 3 rings (SSSR count). The molecule has 0 aliphatic rings. The second kappa shape index (κ2) is 4.80. The van der Waals surface area contributed by atoms with Crippen molar-refractivity contribution in [3.8, 4) is 0 Å². The molecule has 1 unspecified atom stereocenters. The third-order valence-corrected chi connectivity index (χ3v) is 3.66. The zero-order valence-corrected chi connectivity index (χ0v) is 11.6. The normalized spacial score (nSPS) is 12.8. The van der Waals surface area contributed by atoms with E-state index in [2.05, 4.69) is 4.98 Å². The molecule has 2 aromatic carbocycles. The standard InChI is InChI=1S/C15H13ClFN3/c1-9(11-4-2-3-5-12(11)17)20-14-8-10(16)6-7-13(14)19-15(20)18/h2-9H,1H3,(H2,18,19). The summed E-state index contributed by atoms with van der Waals surface area (Å²) in [5.74, 6) is 0.0845. The highest BCUT2D eigenvalue weighted by Crippen LogP contribution is 2.29. The molecule has 0 radical (unpaired) electrons. The van der Waals surface area contributed by atoms with E-state index in [-0.39, 0.29) is 11.9 Å². The largest absolute Gasteiger partial charge is 0.369 e. The highest BCUT2D eigenvalue weighted by molar-refractivity contribution is 6.31. The van der Waals surface area contributed by atoms with Crippen LogP contribution in [0.5, 0.6) is 0 Å². The predicted octanol–water partition coefficient (Wildman–Crippen LogP) is 4.02. The van der Waals surface area contributed by atoms with Gasteiger partial charge in [0.05, 0.1) is 17.1 Å². The minimum absolute atomic E-state index is 0.261. The smallest absolute Gasteiger partial charge is 0.201 e. The Morgan fingerprint density at radius 2 is 2.00 bits per heavy atom. The molecule has 0 amide bonds. The molecule has 2 N–H and O–H groups in total. The first-order valence-electron chi connectivity index (χ1n) is 6.25. The monoisotopic (exact) mass is 289 g/mol. The first kappa shape index (κ1) is 12.9. The molecule has 1 atom stereocenters. The Balaban J connectivity index is 2.21. The lowest BCUT2D eigenvalue weighted by Gasteiger charge is -2.17. The third kappa shape index (κ3) is 2.02. The minimum atomic E-state index is -0.264. The Morgan fingerprint density at radius 1 is 1.25 bits per heavy atom. The summed E-state index contributed by atoms with van der Waals surface area (Å²) < 4.78 is 15.7. The zero-order chi connectivity index (χ0) is 14.3. The van der Waals surface area contributed by atoms with Crippen molar-refractivity contribution in [3.63, 3.8) is 0 Å². The van der Waals surface area contributed by atoms with E-state index < -0.39 is 0 Å². The molecule has 0 bridgehead atoms. The van der Waals surface area contributed by atoms with Crippen LogP contribution in [0.25, 0.3) is 11.0 Å². The van der Waals surface area contributed by atoms with Crippen LogP contribution >= 0.6 is 11.6 Å². The van der Waals surface area contributed by atoms with E-state index in [1.54, 1.807) is 41.0 Å². The lowest BCUT2D eigenvalue weighted by molar-refractivity contribution is 0.567. The number of fused-ring (bicyclic) bond motifs is 1. The van der Waals surface area contributed by atoms with Gasteiger partial charge in [-0.1, -0.05) is 29.8 Å². The van der Waals surface area contributed by atoms with Crippen LogP contribution in [0.4, 0.5) is 10.3 Å². The Labute approximate surface area is 120 Å². The highest BCUT2D eigenvalue weighted by Gasteiger charge is 2.18. The third-order valence-electron chi connectivity index (χ3n) is 3.42. The van der Waals surface area contributed by atoms with E-state index in [1.165, 1.54) is 6.07 Å². The quantitative estimate of drug-likeness (QED) is 0.774. The van der Waals surface area contributed by atoms with Crippen molar-refractivity contribution in [1.29, 1.82) is 0 Å². The molecule has 1 heterocycles. The molecule has 0 saturated heterocycles. The number of nitrogen functional groups attached to an aromatic ring is 1. The molecule has 1 aromatic heterocycles. The fourth-order valence-electron chi connectivity index (χ4n) is 2.44. The average Bonchev–Trinajstić information content (AvgIpc) is 2.74.